The highest BCUT2D eigenvalue weighted by Crippen LogP contribution is 2.16. The van der Waals surface area contributed by atoms with Gasteiger partial charge in [-0.15, -0.1) is 0 Å². The molecule has 1 aliphatic rings. The molecule has 1 aromatic rings. The Morgan fingerprint density at radius 2 is 2.14 bits per heavy atom. The van der Waals surface area contributed by atoms with E-state index in [0.717, 1.165) is 18.7 Å². The van der Waals surface area contributed by atoms with Crippen molar-refractivity contribution in [2.75, 3.05) is 33.4 Å². The largest absolute Gasteiger partial charge is 0.475 e. The van der Waals surface area contributed by atoms with Gasteiger partial charge in [0, 0.05) is 32.0 Å². The van der Waals surface area contributed by atoms with Gasteiger partial charge in [0.1, 0.15) is 6.61 Å². The molecule has 2 rings (SSSR count). The first kappa shape index (κ1) is 15.6. The molecule has 0 saturated carbocycles. The third-order valence-electron chi connectivity index (χ3n) is 3.47. The molecule has 0 aliphatic carbocycles. The number of likely N-dealkylation sites (tertiary alicyclic amines) is 1. The van der Waals surface area contributed by atoms with E-state index in [9.17, 15) is 0 Å². The quantitative estimate of drug-likeness (QED) is 0.487. The highest BCUT2D eigenvalue weighted by Gasteiger charge is 2.12. The van der Waals surface area contributed by atoms with Gasteiger partial charge in [0.25, 0.3) is 0 Å². The lowest BCUT2D eigenvalue weighted by atomic mass is 10.1. The highest BCUT2D eigenvalue weighted by molar-refractivity contribution is 5.78. The number of piperidine rings is 1. The van der Waals surface area contributed by atoms with Crippen molar-refractivity contribution in [2.24, 2.45) is 10.7 Å². The van der Waals surface area contributed by atoms with Crippen LogP contribution in [0.25, 0.3) is 0 Å². The van der Waals surface area contributed by atoms with Gasteiger partial charge in [0.15, 0.2) is 5.96 Å². The summed E-state index contributed by atoms with van der Waals surface area (Å²) in [6.07, 6.45) is 5.37. The fourth-order valence-corrected chi connectivity index (χ4v) is 2.29. The average Bonchev–Trinajstić information content (AvgIpc) is 2.54. The van der Waals surface area contributed by atoms with E-state index in [2.05, 4.69) is 14.9 Å². The molecule has 0 radical (unpaired) electrons. The number of ether oxygens (including phenoxy) is 2. The second-order valence-corrected chi connectivity index (χ2v) is 5.03. The molecule has 0 atom stereocenters. The van der Waals surface area contributed by atoms with Crippen molar-refractivity contribution in [1.82, 2.24) is 9.88 Å². The molecule has 116 valence electrons. The number of hydrogen-bond acceptors (Lipinski definition) is 4. The lowest BCUT2D eigenvalue weighted by Gasteiger charge is -2.27. The Kier molecular flexibility index (Phi) is 6.27. The molecule has 1 aromatic heterocycles. The lowest BCUT2D eigenvalue weighted by Crippen LogP contribution is -2.40. The zero-order chi connectivity index (χ0) is 14.9. The molecule has 1 aliphatic heterocycles. The van der Waals surface area contributed by atoms with Crippen LogP contribution in [0.1, 0.15) is 24.8 Å². The Bertz CT molecular complexity index is 459. The van der Waals surface area contributed by atoms with Crippen LogP contribution in [-0.2, 0) is 11.3 Å². The molecule has 2 N–H and O–H groups in total. The number of hydrogen-bond donors (Lipinski definition) is 1. The van der Waals surface area contributed by atoms with Gasteiger partial charge in [0.2, 0.25) is 5.88 Å². The Balaban J connectivity index is 1.94. The number of rotatable bonds is 6. The van der Waals surface area contributed by atoms with Crippen molar-refractivity contribution in [1.29, 1.82) is 0 Å². The minimum absolute atomic E-state index is 0.478. The maximum atomic E-state index is 6.06. The van der Waals surface area contributed by atoms with Crippen molar-refractivity contribution in [3.63, 3.8) is 0 Å². The van der Waals surface area contributed by atoms with Gasteiger partial charge in [-0.05, 0) is 25.3 Å². The molecule has 0 bridgehead atoms. The number of methoxy groups -OCH3 is 1. The lowest BCUT2D eigenvalue weighted by molar-refractivity contribution is 0.143. The number of aromatic nitrogens is 1. The second kappa shape index (κ2) is 8.46. The summed E-state index contributed by atoms with van der Waals surface area (Å²) < 4.78 is 10.6. The first-order chi connectivity index (χ1) is 10.3. The fraction of sp³-hybridized carbons (Fsp3) is 0.600. The summed E-state index contributed by atoms with van der Waals surface area (Å²) in [6.45, 7) is 3.50. The number of guanidine groups is 1. The summed E-state index contributed by atoms with van der Waals surface area (Å²) in [5.74, 6) is 1.21. The fourth-order valence-electron chi connectivity index (χ4n) is 2.29. The summed E-state index contributed by atoms with van der Waals surface area (Å²) in [7, 11) is 1.65. The molecule has 6 nitrogen and oxygen atoms in total. The van der Waals surface area contributed by atoms with Crippen LogP contribution in [-0.4, -0.2) is 49.3 Å². The maximum Gasteiger partial charge on any atom is 0.218 e. The molecule has 6 heteroatoms. The molecule has 1 fully saturated rings. The van der Waals surface area contributed by atoms with E-state index in [4.69, 9.17) is 15.2 Å². The van der Waals surface area contributed by atoms with E-state index < -0.39 is 0 Å². The van der Waals surface area contributed by atoms with Crippen LogP contribution in [0.15, 0.2) is 23.3 Å². The molecule has 0 amide bonds. The van der Waals surface area contributed by atoms with E-state index in [-0.39, 0.29) is 0 Å². The molecule has 2 heterocycles. The Morgan fingerprint density at radius 3 is 2.90 bits per heavy atom. The van der Waals surface area contributed by atoms with Gasteiger partial charge >= 0.3 is 0 Å². The van der Waals surface area contributed by atoms with Gasteiger partial charge in [-0.3, -0.25) is 0 Å². The maximum absolute atomic E-state index is 6.06. The summed E-state index contributed by atoms with van der Waals surface area (Å²) in [5.41, 5.74) is 7.00. The van der Waals surface area contributed by atoms with Crippen LogP contribution < -0.4 is 10.5 Å². The second-order valence-electron chi connectivity index (χ2n) is 5.03. The molecular weight excluding hydrogens is 268 g/mol. The van der Waals surface area contributed by atoms with Crippen molar-refractivity contribution in [2.45, 2.75) is 25.8 Å². The predicted octanol–water partition coefficient (Wildman–Crippen LogP) is 1.41. The van der Waals surface area contributed by atoms with E-state index >= 15 is 0 Å². The SMILES string of the molecule is COCCOc1ncccc1CN=C(N)N1CCCCC1. The number of aliphatic imine (C=N–C) groups is 1. The molecule has 0 spiro atoms. The first-order valence-corrected chi connectivity index (χ1v) is 7.41. The van der Waals surface area contributed by atoms with E-state index in [1.54, 1.807) is 13.3 Å². The molecule has 0 unspecified atom stereocenters. The minimum Gasteiger partial charge on any atom is -0.475 e. The number of nitrogens with zero attached hydrogens (tertiary/aromatic N) is 3. The van der Waals surface area contributed by atoms with Crippen molar-refractivity contribution >= 4 is 5.96 Å². The van der Waals surface area contributed by atoms with Gasteiger partial charge in [-0.2, -0.15) is 0 Å². The molecular formula is C15H24N4O2. The third kappa shape index (κ3) is 4.90. The van der Waals surface area contributed by atoms with E-state index in [1.807, 2.05) is 12.1 Å². The number of pyridine rings is 1. The van der Waals surface area contributed by atoms with Crippen LogP contribution in [0.5, 0.6) is 5.88 Å². The average molecular weight is 292 g/mol. The summed E-state index contributed by atoms with van der Waals surface area (Å²) in [4.78, 5) is 10.9. The standard InChI is InChI=1S/C15H24N4O2/c1-20-10-11-21-14-13(6-5-7-17-14)12-18-15(16)19-8-3-2-4-9-19/h5-7H,2-4,8-12H2,1H3,(H2,16,18). The van der Waals surface area contributed by atoms with Gasteiger partial charge in [-0.25, -0.2) is 9.98 Å². The molecule has 1 saturated heterocycles. The topological polar surface area (TPSA) is 73.0 Å². The van der Waals surface area contributed by atoms with Gasteiger partial charge < -0.3 is 20.1 Å². The summed E-state index contributed by atoms with van der Waals surface area (Å²) in [5, 5.41) is 0. The van der Waals surface area contributed by atoms with E-state index in [1.165, 1.54) is 19.3 Å². The smallest absolute Gasteiger partial charge is 0.218 e. The first-order valence-electron chi connectivity index (χ1n) is 7.41. The van der Waals surface area contributed by atoms with Crippen LogP contribution in [0.4, 0.5) is 0 Å². The van der Waals surface area contributed by atoms with Crippen LogP contribution in [0, 0.1) is 0 Å². The van der Waals surface area contributed by atoms with Gasteiger partial charge in [0.05, 0.1) is 13.2 Å². The highest BCUT2D eigenvalue weighted by atomic mass is 16.5. The van der Waals surface area contributed by atoms with Crippen molar-refractivity contribution in [3.8, 4) is 5.88 Å². The Labute approximate surface area is 126 Å². The van der Waals surface area contributed by atoms with Crippen LogP contribution in [0.2, 0.25) is 0 Å². The van der Waals surface area contributed by atoms with Crippen LogP contribution in [0.3, 0.4) is 0 Å². The zero-order valence-corrected chi connectivity index (χ0v) is 12.6. The number of nitrogens with two attached hydrogens (primary N) is 1. The van der Waals surface area contributed by atoms with Gasteiger partial charge in [-0.1, -0.05) is 6.07 Å². The Hall–Kier alpha value is -1.82. The monoisotopic (exact) mass is 292 g/mol. The normalized spacial score (nSPS) is 16.0. The summed E-state index contributed by atoms with van der Waals surface area (Å²) >= 11 is 0. The zero-order valence-electron chi connectivity index (χ0n) is 12.6. The summed E-state index contributed by atoms with van der Waals surface area (Å²) in [6, 6.07) is 3.84. The van der Waals surface area contributed by atoms with E-state index in [0.29, 0.717) is 31.6 Å². The van der Waals surface area contributed by atoms with Crippen molar-refractivity contribution in [3.05, 3.63) is 23.9 Å². The predicted molar refractivity (Wildman–Crippen MR) is 82.4 cm³/mol. The minimum atomic E-state index is 0.478. The Morgan fingerprint density at radius 1 is 1.33 bits per heavy atom. The van der Waals surface area contributed by atoms with Crippen LogP contribution >= 0.6 is 0 Å². The van der Waals surface area contributed by atoms with Crippen molar-refractivity contribution < 1.29 is 9.47 Å². The third-order valence-corrected chi connectivity index (χ3v) is 3.47. The molecule has 0 aromatic carbocycles. The molecule has 21 heavy (non-hydrogen) atoms.